The first-order valence-corrected chi connectivity index (χ1v) is 10.5. The zero-order chi connectivity index (χ0) is 18.4. The monoisotopic (exact) mass is 382 g/mol. The van der Waals surface area contributed by atoms with Gasteiger partial charge in [-0.2, -0.15) is 0 Å². The van der Waals surface area contributed by atoms with Crippen LogP contribution in [0.4, 0.5) is 0 Å². The van der Waals surface area contributed by atoms with Crippen molar-refractivity contribution in [3.8, 4) is 5.75 Å². The summed E-state index contributed by atoms with van der Waals surface area (Å²) in [5.41, 5.74) is 12.1. The van der Waals surface area contributed by atoms with Gasteiger partial charge in [0.25, 0.3) is 0 Å². The second-order valence-electron chi connectivity index (χ2n) is 6.18. The molecule has 1 saturated heterocycles. The zero-order valence-electron chi connectivity index (χ0n) is 13.7. The minimum atomic E-state index is -0.635. The number of primary amides is 1. The van der Waals surface area contributed by atoms with Crippen molar-refractivity contribution in [2.24, 2.45) is 23.3 Å². The number of aromatic hydroxyl groups is 1. The lowest BCUT2D eigenvalue weighted by molar-refractivity contribution is -0.131. The van der Waals surface area contributed by atoms with Gasteiger partial charge in [0.15, 0.2) is 5.78 Å². The summed E-state index contributed by atoms with van der Waals surface area (Å²) in [6.07, 6.45) is 0.455. The maximum Gasteiger partial charge on any atom is 0.221 e. The molecule has 136 valence electrons. The predicted octanol–water partition coefficient (Wildman–Crippen LogP) is 1.29. The average molecular weight is 383 g/mol. The molecule has 0 aromatic heterocycles. The molecule has 1 aromatic rings. The van der Waals surface area contributed by atoms with Gasteiger partial charge in [0.2, 0.25) is 5.91 Å². The van der Waals surface area contributed by atoms with Crippen LogP contribution in [0.1, 0.15) is 18.4 Å². The van der Waals surface area contributed by atoms with Gasteiger partial charge in [-0.25, -0.2) is 0 Å². The summed E-state index contributed by atoms with van der Waals surface area (Å²) in [5.74, 6) is -0.631. The number of hydrogen-bond acceptors (Lipinski definition) is 7. The Labute approximate surface area is 154 Å². The van der Waals surface area contributed by atoms with E-state index in [-0.39, 0.29) is 30.2 Å². The first kappa shape index (κ1) is 19.8. The third-order valence-electron chi connectivity index (χ3n) is 4.19. The minimum absolute atomic E-state index is 0.00855. The van der Waals surface area contributed by atoms with Crippen LogP contribution in [-0.2, 0) is 20.8 Å². The highest BCUT2D eigenvalue weighted by Crippen LogP contribution is 2.30. The fourth-order valence-corrected chi connectivity index (χ4v) is 5.11. The van der Waals surface area contributed by atoms with Gasteiger partial charge in [-0.1, -0.05) is 33.7 Å². The third-order valence-corrected chi connectivity index (χ3v) is 6.70. The number of nitrogens with two attached hydrogens (primary N) is 2. The van der Waals surface area contributed by atoms with Gasteiger partial charge in [-0.05, 0) is 24.1 Å². The Balaban J connectivity index is 2.02. The number of rotatable bonds is 6. The minimum Gasteiger partial charge on any atom is -0.508 e. The number of carbonyl (C=O) groups is 3. The molecule has 6 nitrogen and oxygen atoms in total. The quantitative estimate of drug-likeness (QED) is 0.633. The molecule has 0 saturated carbocycles. The number of Topliss-reactive ketones (excluding diaryl/α,β-unsaturated/α-hetero) is 2. The number of hydrogen-bond donors (Lipinski definition) is 3. The fraction of sp³-hybridized carbons (Fsp3) is 0.471. The first-order valence-electron chi connectivity index (χ1n) is 7.99. The predicted molar refractivity (Wildman–Crippen MR) is 100 cm³/mol. The molecule has 0 radical (unpaired) electrons. The average Bonchev–Trinajstić information content (AvgIpc) is 2.56. The van der Waals surface area contributed by atoms with Crippen molar-refractivity contribution < 1.29 is 19.5 Å². The molecule has 2 rings (SSSR count). The summed E-state index contributed by atoms with van der Waals surface area (Å²) in [7, 11) is 3.03. The third kappa shape index (κ3) is 6.05. The van der Waals surface area contributed by atoms with Crippen molar-refractivity contribution in [1.29, 1.82) is 0 Å². The molecule has 0 unspecified atom stereocenters. The van der Waals surface area contributed by atoms with Crippen LogP contribution in [-0.4, -0.2) is 40.1 Å². The van der Waals surface area contributed by atoms with E-state index >= 15 is 0 Å². The molecule has 0 aliphatic carbocycles. The summed E-state index contributed by atoms with van der Waals surface area (Å²) >= 11 is 0. The van der Waals surface area contributed by atoms with Crippen molar-refractivity contribution in [3.63, 3.8) is 0 Å². The van der Waals surface area contributed by atoms with Gasteiger partial charge in [0, 0.05) is 36.2 Å². The number of phenols is 1. The van der Waals surface area contributed by atoms with E-state index < -0.39 is 23.8 Å². The maximum absolute atomic E-state index is 12.6. The molecule has 1 heterocycles. The summed E-state index contributed by atoms with van der Waals surface area (Å²) in [6.45, 7) is 0. The number of ketones is 2. The van der Waals surface area contributed by atoms with E-state index in [1.807, 2.05) is 0 Å². The van der Waals surface area contributed by atoms with Gasteiger partial charge in [0.05, 0.1) is 6.04 Å². The zero-order valence-corrected chi connectivity index (χ0v) is 15.4. The molecule has 1 aliphatic rings. The lowest BCUT2D eigenvalue weighted by Gasteiger charge is -2.22. The lowest BCUT2D eigenvalue weighted by Crippen LogP contribution is -2.38. The summed E-state index contributed by atoms with van der Waals surface area (Å²) in [4.78, 5) is 36.4. The summed E-state index contributed by atoms with van der Waals surface area (Å²) in [6, 6.07) is 5.90. The van der Waals surface area contributed by atoms with Crippen LogP contribution in [0.25, 0.3) is 0 Å². The van der Waals surface area contributed by atoms with E-state index in [1.54, 1.807) is 12.1 Å². The van der Waals surface area contributed by atoms with Crippen LogP contribution in [0.2, 0.25) is 0 Å². The van der Waals surface area contributed by atoms with Crippen LogP contribution in [0.3, 0.4) is 0 Å². The van der Waals surface area contributed by atoms with Crippen molar-refractivity contribution in [2.75, 3.05) is 11.5 Å². The largest absolute Gasteiger partial charge is 0.508 e. The van der Waals surface area contributed by atoms with E-state index in [2.05, 4.69) is 0 Å². The van der Waals surface area contributed by atoms with Gasteiger partial charge in [-0.3, -0.25) is 14.4 Å². The van der Waals surface area contributed by atoms with Gasteiger partial charge < -0.3 is 16.6 Å². The van der Waals surface area contributed by atoms with E-state index in [9.17, 15) is 19.5 Å². The Kier molecular flexibility index (Phi) is 7.34. The number of carbonyl (C=O) groups excluding carboxylic acids is 3. The first-order chi connectivity index (χ1) is 11.9. The van der Waals surface area contributed by atoms with Crippen molar-refractivity contribution in [3.05, 3.63) is 29.8 Å². The normalized spacial score (nSPS) is 22.7. The van der Waals surface area contributed by atoms with Gasteiger partial charge in [0.1, 0.15) is 11.5 Å². The van der Waals surface area contributed by atoms with E-state index in [4.69, 9.17) is 11.5 Å². The topological polar surface area (TPSA) is 123 Å². The van der Waals surface area contributed by atoms with Crippen LogP contribution < -0.4 is 11.5 Å². The lowest BCUT2D eigenvalue weighted by atomic mass is 9.87. The van der Waals surface area contributed by atoms with Crippen LogP contribution in [0, 0.1) is 11.8 Å². The Morgan fingerprint density at radius 2 is 1.84 bits per heavy atom. The molecule has 1 fully saturated rings. The van der Waals surface area contributed by atoms with E-state index in [1.165, 1.54) is 33.7 Å². The summed E-state index contributed by atoms with van der Waals surface area (Å²) < 4.78 is 0. The van der Waals surface area contributed by atoms with E-state index in [0.29, 0.717) is 17.9 Å². The molecule has 0 bridgehead atoms. The highest BCUT2D eigenvalue weighted by atomic mass is 33.1. The Bertz CT molecular complexity index is 636. The smallest absolute Gasteiger partial charge is 0.221 e. The van der Waals surface area contributed by atoms with Gasteiger partial charge in [-0.15, -0.1) is 0 Å². The SMILES string of the molecule is NC(=O)[C@@H](CC(=O)[C@@H]1CSSC[C@H](N)C(=O)C1)Cc1ccc(O)cc1. The van der Waals surface area contributed by atoms with E-state index in [0.717, 1.165) is 5.56 Å². The Morgan fingerprint density at radius 3 is 2.48 bits per heavy atom. The molecule has 0 spiro atoms. The van der Waals surface area contributed by atoms with Gasteiger partial charge >= 0.3 is 0 Å². The van der Waals surface area contributed by atoms with Crippen LogP contribution in [0.5, 0.6) is 5.75 Å². The Morgan fingerprint density at radius 1 is 1.20 bits per heavy atom. The number of phenolic OH excluding ortho intramolecular Hbond substituents is 1. The second-order valence-corrected chi connectivity index (χ2v) is 8.74. The molecular formula is C17H22N2O4S2. The molecular weight excluding hydrogens is 360 g/mol. The van der Waals surface area contributed by atoms with Crippen LogP contribution in [0.15, 0.2) is 24.3 Å². The molecule has 1 aromatic carbocycles. The molecule has 1 aliphatic heterocycles. The van der Waals surface area contributed by atoms with Crippen molar-refractivity contribution in [2.45, 2.75) is 25.3 Å². The molecule has 1 amide bonds. The highest BCUT2D eigenvalue weighted by Gasteiger charge is 2.30. The van der Waals surface area contributed by atoms with Crippen LogP contribution >= 0.6 is 21.6 Å². The Hall–Kier alpha value is -1.51. The number of benzene rings is 1. The molecule has 5 N–H and O–H groups in total. The standard InChI is InChI=1S/C17H22N2O4S2/c18-14-9-25-24-8-12(7-16(14)22)15(21)6-11(17(19)23)5-10-1-3-13(20)4-2-10/h1-4,11-12,14,20H,5-9,18H2,(H2,19,23)/t11-,12+,14+/m1/s1. The molecule has 8 heteroatoms. The number of amides is 1. The maximum atomic E-state index is 12.6. The molecule has 25 heavy (non-hydrogen) atoms. The van der Waals surface area contributed by atoms with Crippen molar-refractivity contribution in [1.82, 2.24) is 0 Å². The molecule has 3 atom stereocenters. The van der Waals surface area contributed by atoms with Crippen molar-refractivity contribution >= 4 is 39.1 Å². The highest BCUT2D eigenvalue weighted by molar-refractivity contribution is 8.76. The fourth-order valence-electron chi connectivity index (χ4n) is 2.60. The summed E-state index contributed by atoms with van der Waals surface area (Å²) in [5, 5.41) is 9.32. The second kappa shape index (κ2) is 9.26.